The molecule has 0 radical (unpaired) electrons. The van der Waals surface area contributed by atoms with Crippen molar-refractivity contribution in [2.24, 2.45) is 0 Å². The van der Waals surface area contributed by atoms with Crippen LogP contribution in [0, 0.1) is 0 Å². The molecule has 230 valence electrons. The largest absolute Gasteiger partial charge is 0.232 e. The molecule has 0 bridgehead atoms. The molecule has 2 heterocycles. The van der Waals surface area contributed by atoms with Crippen molar-refractivity contribution in [1.82, 2.24) is 19.7 Å². The number of hydrogen-bond acceptors (Lipinski definition) is 3. The summed E-state index contributed by atoms with van der Waals surface area (Å²) in [5.41, 5.74) is 11.0. The first-order valence-electron chi connectivity index (χ1n) is 16.5. The average molecular weight is 627 g/mol. The fraction of sp³-hybridized carbons (Fsp3) is 0. The predicted octanol–water partition coefficient (Wildman–Crippen LogP) is 11.3. The first-order valence-corrected chi connectivity index (χ1v) is 16.5. The fourth-order valence-electron chi connectivity index (χ4n) is 6.83. The Kier molecular flexibility index (Phi) is 7.10. The molecule has 9 aromatic rings. The molecule has 4 nitrogen and oxygen atoms in total. The Balaban J connectivity index is 1.49. The summed E-state index contributed by atoms with van der Waals surface area (Å²) in [6.45, 7) is 0. The molecule has 0 aliphatic heterocycles. The third kappa shape index (κ3) is 5.07. The van der Waals surface area contributed by atoms with Crippen LogP contribution in [-0.4, -0.2) is 19.7 Å². The third-order valence-corrected chi connectivity index (χ3v) is 9.03. The molecule has 0 unspecified atom stereocenters. The van der Waals surface area contributed by atoms with Gasteiger partial charge in [-0.25, -0.2) is 14.6 Å². The maximum Gasteiger partial charge on any atom is 0.160 e. The zero-order chi connectivity index (χ0) is 32.6. The van der Waals surface area contributed by atoms with Crippen LogP contribution >= 0.6 is 0 Å². The second-order valence-electron chi connectivity index (χ2n) is 12.0. The summed E-state index contributed by atoms with van der Waals surface area (Å²) in [5.74, 6) is 0.684. The molecule has 0 saturated carbocycles. The highest BCUT2D eigenvalue weighted by Crippen LogP contribution is 2.48. The lowest BCUT2D eigenvalue weighted by atomic mass is 9.87. The van der Waals surface area contributed by atoms with Gasteiger partial charge in [-0.2, -0.15) is 5.10 Å². The Morgan fingerprint density at radius 3 is 1.51 bits per heavy atom. The Hall–Kier alpha value is -6.65. The number of benzene rings is 7. The predicted molar refractivity (Wildman–Crippen MR) is 201 cm³/mol. The quantitative estimate of drug-likeness (QED) is 0.184. The minimum Gasteiger partial charge on any atom is -0.232 e. The van der Waals surface area contributed by atoms with Crippen LogP contribution in [0.5, 0.6) is 0 Å². The molecule has 0 aliphatic rings. The summed E-state index contributed by atoms with van der Waals surface area (Å²) in [5, 5.41) is 8.70. The summed E-state index contributed by atoms with van der Waals surface area (Å²) >= 11 is 0. The Labute approximate surface area is 284 Å². The smallest absolute Gasteiger partial charge is 0.160 e. The van der Waals surface area contributed by atoms with E-state index in [0.29, 0.717) is 5.82 Å². The number of fused-ring (bicyclic) bond motifs is 3. The van der Waals surface area contributed by atoms with Crippen molar-refractivity contribution < 1.29 is 0 Å². The van der Waals surface area contributed by atoms with Crippen LogP contribution in [0.15, 0.2) is 182 Å². The van der Waals surface area contributed by atoms with Crippen molar-refractivity contribution in [3.05, 3.63) is 182 Å². The van der Waals surface area contributed by atoms with Crippen molar-refractivity contribution in [2.75, 3.05) is 0 Å². The summed E-state index contributed by atoms with van der Waals surface area (Å²) in [4.78, 5) is 10.5. The highest BCUT2D eigenvalue weighted by atomic mass is 15.3. The van der Waals surface area contributed by atoms with Gasteiger partial charge in [-0.05, 0) is 29.1 Å². The number of aromatic nitrogens is 4. The first-order chi connectivity index (χ1) is 24.3. The second kappa shape index (κ2) is 12.2. The molecule has 7 aromatic carbocycles. The molecule has 0 spiro atoms. The van der Waals surface area contributed by atoms with Crippen LogP contribution in [0.1, 0.15) is 0 Å². The molecule has 49 heavy (non-hydrogen) atoms. The van der Waals surface area contributed by atoms with Gasteiger partial charge in [-0.15, -0.1) is 0 Å². The van der Waals surface area contributed by atoms with Crippen LogP contribution in [0.4, 0.5) is 0 Å². The molecule has 0 fully saturated rings. The maximum absolute atomic E-state index is 5.42. The fourth-order valence-corrected chi connectivity index (χ4v) is 6.83. The summed E-state index contributed by atoms with van der Waals surface area (Å²) in [7, 11) is 0. The SMILES string of the molecule is c1ccc(-c2cc(-c3c(-c4ccccc4)c4c(-c5ccccc5)nn(-c5ccccc5)c4c4ccccc34)nc(-c3ccccc3)n2)cc1. The molecule has 0 saturated heterocycles. The van der Waals surface area contributed by atoms with Crippen LogP contribution in [0.25, 0.3) is 83.6 Å². The first kappa shape index (κ1) is 28.6. The van der Waals surface area contributed by atoms with Gasteiger partial charge in [0.2, 0.25) is 0 Å². The lowest BCUT2D eigenvalue weighted by Crippen LogP contribution is -2.00. The Morgan fingerprint density at radius 2 is 0.878 bits per heavy atom. The van der Waals surface area contributed by atoms with E-state index in [1.807, 2.05) is 30.3 Å². The van der Waals surface area contributed by atoms with E-state index in [2.05, 4.69) is 156 Å². The molecule has 0 amide bonds. The maximum atomic E-state index is 5.42. The second-order valence-corrected chi connectivity index (χ2v) is 12.0. The molecule has 0 aliphatic carbocycles. The zero-order valence-corrected chi connectivity index (χ0v) is 26.6. The third-order valence-electron chi connectivity index (χ3n) is 9.03. The van der Waals surface area contributed by atoms with E-state index < -0.39 is 0 Å². The van der Waals surface area contributed by atoms with Gasteiger partial charge in [0.15, 0.2) is 5.82 Å². The number of para-hydroxylation sites is 1. The highest BCUT2D eigenvalue weighted by Gasteiger charge is 2.26. The Morgan fingerprint density at radius 1 is 0.388 bits per heavy atom. The monoisotopic (exact) mass is 626 g/mol. The Bertz CT molecular complexity index is 2500. The lowest BCUT2D eigenvalue weighted by Gasteiger charge is -2.18. The normalized spacial score (nSPS) is 11.3. The number of nitrogens with zero attached hydrogens (tertiary/aromatic N) is 4. The number of hydrogen-bond donors (Lipinski definition) is 0. The van der Waals surface area contributed by atoms with Crippen LogP contribution in [0.3, 0.4) is 0 Å². The molecular weight excluding hydrogens is 597 g/mol. The van der Waals surface area contributed by atoms with Crippen LogP contribution in [0.2, 0.25) is 0 Å². The van der Waals surface area contributed by atoms with Gasteiger partial charge in [-0.3, -0.25) is 0 Å². The van der Waals surface area contributed by atoms with E-state index in [1.165, 1.54) is 0 Å². The van der Waals surface area contributed by atoms with Crippen LogP contribution < -0.4 is 0 Å². The molecule has 9 rings (SSSR count). The summed E-state index contributed by atoms with van der Waals surface area (Å²) in [6, 6.07) is 63.0. The van der Waals surface area contributed by atoms with Gasteiger partial charge in [0.1, 0.15) is 5.69 Å². The van der Waals surface area contributed by atoms with Gasteiger partial charge in [0.25, 0.3) is 0 Å². The van der Waals surface area contributed by atoms with Gasteiger partial charge in [0, 0.05) is 38.6 Å². The number of rotatable bonds is 6. The van der Waals surface area contributed by atoms with Crippen molar-refractivity contribution in [3.63, 3.8) is 0 Å². The van der Waals surface area contributed by atoms with Gasteiger partial charge in [-0.1, -0.05) is 164 Å². The van der Waals surface area contributed by atoms with E-state index in [4.69, 9.17) is 15.1 Å². The van der Waals surface area contributed by atoms with Crippen molar-refractivity contribution in [1.29, 1.82) is 0 Å². The lowest BCUT2D eigenvalue weighted by molar-refractivity contribution is 0.918. The van der Waals surface area contributed by atoms with Crippen molar-refractivity contribution in [2.45, 2.75) is 0 Å². The molecule has 2 aromatic heterocycles. The van der Waals surface area contributed by atoms with Crippen molar-refractivity contribution >= 4 is 21.7 Å². The van der Waals surface area contributed by atoms with Gasteiger partial charge < -0.3 is 0 Å². The summed E-state index contributed by atoms with van der Waals surface area (Å²) in [6.07, 6.45) is 0. The molecule has 4 heteroatoms. The van der Waals surface area contributed by atoms with E-state index in [-0.39, 0.29) is 0 Å². The van der Waals surface area contributed by atoms with E-state index >= 15 is 0 Å². The molecular formula is C45H30N4. The standard InChI is InChI=1S/C45H30N4/c1-6-18-31(19-7-1)38-30-39(47-45(46-38)34-24-12-4-13-25-34)41-36-28-16-17-29-37(36)44-42(40(41)32-20-8-2-9-21-32)43(33-22-10-3-11-23-33)48-49(44)35-26-14-5-15-27-35/h1-30H. The zero-order valence-electron chi connectivity index (χ0n) is 26.6. The summed E-state index contributed by atoms with van der Waals surface area (Å²) < 4.78 is 2.11. The van der Waals surface area contributed by atoms with Gasteiger partial charge >= 0.3 is 0 Å². The minimum atomic E-state index is 0.684. The molecule has 0 atom stereocenters. The van der Waals surface area contributed by atoms with Crippen molar-refractivity contribution in [3.8, 4) is 62.0 Å². The minimum absolute atomic E-state index is 0.684. The average Bonchev–Trinajstić information content (AvgIpc) is 3.60. The van der Waals surface area contributed by atoms with E-state index in [1.54, 1.807) is 0 Å². The molecule has 0 N–H and O–H groups in total. The van der Waals surface area contributed by atoms with E-state index in [0.717, 1.165) is 77.8 Å². The van der Waals surface area contributed by atoms with Crippen LogP contribution in [-0.2, 0) is 0 Å². The van der Waals surface area contributed by atoms with Gasteiger partial charge in [0.05, 0.1) is 22.6 Å². The highest BCUT2D eigenvalue weighted by molar-refractivity contribution is 6.23. The van der Waals surface area contributed by atoms with E-state index in [9.17, 15) is 0 Å². The topological polar surface area (TPSA) is 43.6 Å².